The molecule has 1 aliphatic heterocycles. The number of hydrogen-bond donors (Lipinski definition) is 0. The summed E-state index contributed by atoms with van der Waals surface area (Å²) in [7, 11) is 0. The number of carbonyl (C=O) groups is 1. The van der Waals surface area contributed by atoms with Crippen LogP contribution in [0.15, 0.2) is 12.7 Å². The summed E-state index contributed by atoms with van der Waals surface area (Å²) in [6.07, 6.45) is -2.78. The van der Waals surface area contributed by atoms with Gasteiger partial charge in [-0.15, -0.1) is 0 Å². The summed E-state index contributed by atoms with van der Waals surface area (Å²) in [6.45, 7) is 3.76. The Balaban J connectivity index is 1.91. The van der Waals surface area contributed by atoms with E-state index < -0.39 is 17.5 Å². The Bertz CT molecular complexity index is 291. The van der Waals surface area contributed by atoms with Crippen LogP contribution < -0.4 is 0 Å². The number of rotatable bonds is 1. The van der Waals surface area contributed by atoms with Crippen LogP contribution in [0.4, 0.5) is 13.2 Å². The molecule has 1 saturated heterocycles. The lowest BCUT2D eigenvalue weighted by atomic mass is 9.93. The Hall–Kier alpha value is -1.00. The van der Waals surface area contributed by atoms with E-state index in [0.717, 1.165) is 6.08 Å². The van der Waals surface area contributed by atoms with Gasteiger partial charge in [-0.05, 0) is 12.5 Å². The molecule has 1 saturated carbocycles. The molecule has 1 amide bonds. The van der Waals surface area contributed by atoms with Gasteiger partial charge in [-0.3, -0.25) is 4.79 Å². The van der Waals surface area contributed by atoms with E-state index in [4.69, 9.17) is 0 Å². The molecule has 1 heterocycles. The molecule has 78 valence electrons. The Labute approximate surface area is 79.4 Å². The van der Waals surface area contributed by atoms with E-state index >= 15 is 0 Å². The number of alkyl halides is 3. The molecule has 0 bridgehead atoms. The van der Waals surface area contributed by atoms with Crippen LogP contribution in [0.25, 0.3) is 0 Å². The van der Waals surface area contributed by atoms with Gasteiger partial charge in [-0.25, -0.2) is 0 Å². The molecule has 2 nitrogen and oxygen atoms in total. The first-order valence-corrected chi connectivity index (χ1v) is 4.37. The Morgan fingerprint density at radius 3 is 2.43 bits per heavy atom. The van der Waals surface area contributed by atoms with Crippen molar-refractivity contribution in [2.45, 2.75) is 12.6 Å². The molecule has 0 aromatic rings. The number of amides is 1. The third-order valence-corrected chi connectivity index (χ3v) is 3.08. The van der Waals surface area contributed by atoms with E-state index in [9.17, 15) is 18.0 Å². The summed E-state index contributed by atoms with van der Waals surface area (Å²) in [5, 5.41) is 0. The van der Waals surface area contributed by atoms with Gasteiger partial charge in [0.15, 0.2) is 0 Å². The molecule has 14 heavy (non-hydrogen) atoms. The van der Waals surface area contributed by atoms with Crippen molar-refractivity contribution in [3.63, 3.8) is 0 Å². The predicted octanol–water partition coefficient (Wildman–Crippen LogP) is 1.58. The van der Waals surface area contributed by atoms with E-state index in [2.05, 4.69) is 6.58 Å². The maximum Gasteiger partial charge on any atom is 0.392 e. The normalized spacial score (nSPS) is 28.5. The van der Waals surface area contributed by atoms with Crippen LogP contribution in [0.1, 0.15) is 6.42 Å². The molecule has 2 fully saturated rings. The lowest BCUT2D eigenvalue weighted by Gasteiger charge is -2.40. The second-order valence-electron chi connectivity index (χ2n) is 4.06. The molecule has 1 unspecified atom stereocenters. The second kappa shape index (κ2) is 2.52. The molecule has 0 aromatic carbocycles. The minimum atomic E-state index is -4.09. The third-order valence-electron chi connectivity index (χ3n) is 3.08. The fourth-order valence-electron chi connectivity index (χ4n) is 2.16. The van der Waals surface area contributed by atoms with Crippen molar-refractivity contribution in [1.82, 2.24) is 4.90 Å². The first kappa shape index (κ1) is 9.55. The molecule has 2 rings (SSSR count). The van der Waals surface area contributed by atoms with Gasteiger partial charge in [-0.1, -0.05) is 6.58 Å². The fraction of sp³-hybridized carbons (Fsp3) is 0.667. The van der Waals surface area contributed by atoms with Crippen LogP contribution in [0.3, 0.4) is 0 Å². The van der Waals surface area contributed by atoms with E-state index in [-0.39, 0.29) is 25.4 Å². The number of carbonyl (C=O) groups excluding carboxylic acids is 1. The van der Waals surface area contributed by atoms with Crippen molar-refractivity contribution in [3.05, 3.63) is 12.7 Å². The first-order chi connectivity index (χ1) is 6.39. The van der Waals surface area contributed by atoms with Crippen LogP contribution in [0.2, 0.25) is 0 Å². The number of likely N-dealkylation sites (tertiary alicyclic amines) is 1. The number of nitrogens with zero attached hydrogens (tertiary/aromatic N) is 1. The second-order valence-corrected chi connectivity index (χ2v) is 4.06. The molecule has 0 aromatic heterocycles. The van der Waals surface area contributed by atoms with Crippen molar-refractivity contribution in [1.29, 1.82) is 0 Å². The Morgan fingerprint density at radius 1 is 1.50 bits per heavy atom. The van der Waals surface area contributed by atoms with Gasteiger partial charge in [0.2, 0.25) is 5.91 Å². The molecule has 5 heteroatoms. The minimum Gasteiger partial charge on any atom is -0.338 e. The third kappa shape index (κ3) is 1.22. The first-order valence-electron chi connectivity index (χ1n) is 4.37. The zero-order valence-electron chi connectivity index (χ0n) is 7.47. The highest BCUT2D eigenvalue weighted by atomic mass is 19.4. The molecule has 1 aliphatic carbocycles. The maximum absolute atomic E-state index is 12.2. The summed E-state index contributed by atoms with van der Waals surface area (Å²) in [6, 6.07) is 0. The minimum absolute atomic E-state index is 0.178. The fourth-order valence-corrected chi connectivity index (χ4v) is 2.16. The van der Waals surface area contributed by atoms with Gasteiger partial charge < -0.3 is 4.90 Å². The molecule has 2 aliphatic rings. The van der Waals surface area contributed by atoms with Crippen LogP contribution in [-0.2, 0) is 4.79 Å². The van der Waals surface area contributed by atoms with Crippen LogP contribution in [-0.4, -0.2) is 30.1 Å². The standard InChI is InChI=1S/C9H10F3NO/c1-2-7(14)13-4-8(5-13)3-6(8)9(10,11)12/h2,6H,1,3-5H2. The summed E-state index contributed by atoms with van der Waals surface area (Å²) in [5.74, 6) is -1.47. The van der Waals surface area contributed by atoms with E-state index in [1.165, 1.54) is 4.90 Å². The number of halogens is 3. The topological polar surface area (TPSA) is 20.3 Å². The van der Waals surface area contributed by atoms with Gasteiger partial charge in [0.25, 0.3) is 0 Å². The van der Waals surface area contributed by atoms with E-state index in [1.54, 1.807) is 0 Å². The van der Waals surface area contributed by atoms with E-state index in [1.807, 2.05) is 0 Å². The highest BCUT2D eigenvalue weighted by molar-refractivity contribution is 5.87. The predicted molar refractivity (Wildman–Crippen MR) is 43.4 cm³/mol. The molecule has 1 atom stereocenters. The summed E-state index contributed by atoms with van der Waals surface area (Å²) >= 11 is 0. The van der Waals surface area contributed by atoms with Crippen molar-refractivity contribution in [3.8, 4) is 0 Å². The van der Waals surface area contributed by atoms with Crippen molar-refractivity contribution < 1.29 is 18.0 Å². The smallest absolute Gasteiger partial charge is 0.338 e. The quantitative estimate of drug-likeness (QED) is 0.595. The Kier molecular flexibility index (Phi) is 1.72. The van der Waals surface area contributed by atoms with Gasteiger partial charge in [-0.2, -0.15) is 13.2 Å². The molecular formula is C9H10F3NO. The average Bonchev–Trinajstić information content (AvgIpc) is 2.73. The van der Waals surface area contributed by atoms with Crippen molar-refractivity contribution >= 4 is 5.91 Å². The molecule has 0 radical (unpaired) electrons. The molecular weight excluding hydrogens is 195 g/mol. The monoisotopic (exact) mass is 205 g/mol. The Morgan fingerprint density at radius 2 is 2.07 bits per heavy atom. The largest absolute Gasteiger partial charge is 0.392 e. The van der Waals surface area contributed by atoms with Crippen molar-refractivity contribution in [2.24, 2.45) is 11.3 Å². The summed E-state index contributed by atoms with van der Waals surface area (Å²) in [5.41, 5.74) is -0.642. The van der Waals surface area contributed by atoms with Gasteiger partial charge >= 0.3 is 6.18 Å². The highest BCUT2D eigenvalue weighted by Gasteiger charge is 2.71. The lowest BCUT2D eigenvalue weighted by molar-refractivity contribution is -0.168. The zero-order chi connectivity index (χ0) is 10.6. The number of hydrogen-bond acceptors (Lipinski definition) is 1. The van der Waals surface area contributed by atoms with Gasteiger partial charge in [0.1, 0.15) is 0 Å². The zero-order valence-corrected chi connectivity index (χ0v) is 7.47. The maximum atomic E-state index is 12.2. The molecule has 1 spiro atoms. The van der Waals surface area contributed by atoms with Gasteiger partial charge in [0.05, 0.1) is 5.92 Å². The lowest BCUT2D eigenvalue weighted by Crippen LogP contribution is -2.52. The van der Waals surface area contributed by atoms with Crippen molar-refractivity contribution in [2.75, 3.05) is 13.1 Å². The van der Waals surface area contributed by atoms with Crippen LogP contribution >= 0.6 is 0 Å². The van der Waals surface area contributed by atoms with Crippen LogP contribution in [0.5, 0.6) is 0 Å². The molecule has 0 N–H and O–H groups in total. The van der Waals surface area contributed by atoms with Crippen LogP contribution in [0, 0.1) is 11.3 Å². The summed E-state index contributed by atoms with van der Waals surface area (Å²) in [4.78, 5) is 12.4. The highest BCUT2D eigenvalue weighted by Crippen LogP contribution is 2.64. The SMILES string of the molecule is C=CC(=O)N1CC2(CC2C(F)(F)F)C1. The average molecular weight is 205 g/mol. The summed E-state index contributed by atoms with van der Waals surface area (Å²) < 4.78 is 36.7. The van der Waals surface area contributed by atoms with E-state index in [0.29, 0.717) is 0 Å². The van der Waals surface area contributed by atoms with Gasteiger partial charge in [0, 0.05) is 18.5 Å².